The van der Waals surface area contributed by atoms with E-state index in [1.165, 1.54) is 13.8 Å². The molecule has 32 heavy (non-hydrogen) atoms. The van der Waals surface area contributed by atoms with E-state index in [2.05, 4.69) is 6.92 Å². The van der Waals surface area contributed by atoms with Gasteiger partial charge in [0.2, 0.25) is 5.78 Å². The molecule has 7 heteroatoms. The summed E-state index contributed by atoms with van der Waals surface area (Å²) < 4.78 is 10.8. The van der Waals surface area contributed by atoms with Crippen LogP contribution in [-0.2, 0) is 28.7 Å². The van der Waals surface area contributed by atoms with Crippen molar-refractivity contribution in [2.75, 3.05) is 6.61 Å². The van der Waals surface area contributed by atoms with Gasteiger partial charge < -0.3 is 14.6 Å². The van der Waals surface area contributed by atoms with Gasteiger partial charge in [0.15, 0.2) is 12.4 Å². The number of fused-ring (bicyclic) bond motifs is 5. The van der Waals surface area contributed by atoms with Gasteiger partial charge >= 0.3 is 11.9 Å². The summed E-state index contributed by atoms with van der Waals surface area (Å²) in [7, 11) is 0. The minimum Gasteiger partial charge on any atom is -0.462 e. The third-order valence-corrected chi connectivity index (χ3v) is 9.21. The van der Waals surface area contributed by atoms with Gasteiger partial charge in [-0.3, -0.25) is 19.2 Å². The summed E-state index contributed by atoms with van der Waals surface area (Å²) in [6, 6.07) is 0. The molecule has 0 heterocycles. The molecule has 0 aromatic carbocycles. The largest absolute Gasteiger partial charge is 0.462 e. The molecule has 4 rings (SSSR count). The molecule has 4 aliphatic carbocycles. The molecule has 3 saturated carbocycles. The van der Waals surface area contributed by atoms with Crippen molar-refractivity contribution in [3.8, 4) is 0 Å². The fourth-order valence-electron chi connectivity index (χ4n) is 7.72. The molecule has 0 amide bonds. The zero-order valence-electron chi connectivity index (χ0n) is 19.4. The van der Waals surface area contributed by atoms with Gasteiger partial charge in [-0.2, -0.15) is 0 Å². The van der Waals surface area contributed by atoms with Crippen molar-refractivity contribution < 1.29 is 33.8 Å². The maximum Gasteiger partial charge on any atom is 0.303 e. The van der Waals surface area contributed by atoms with Gasteiger partial charge in [0, 0.05) is 31.6 Å². The molecule has 1 N–H and O–H groups in total. The fourth-order valence-corrected chi connectivity index (χ4v) is 7.72. The standard InChI is InChI=1S/C25H34O7/c1-14(26)31-13-21(29)25(30)10-8-19-18-6-5-16-11-17(28)7-9-23(16,3)22(18)20(32-15(2)27)12-24(19,25)4/h11,18-20,22,30H,5-10,12-13H2,1-4H3/t18-,19-,20-,22?,23-,24-,25-/m0/s1. The van der Waals surface area contributed by atoms with Crippen molar-refractivity contribution in [2.24, 2.45) is 28.6 Å². The number of Topliss-reactive ketones (excluding diaryl/α,β-unsaturated/α-hetero) is 1. The van der Waals surface area contributed by atoms with Crippen LogP contribution in [-0.4, -0.2) is 46.9 Å². The van der Waals surface area contributed by atoms with Crippen molar-refractivity contribution in [1.29, 1.82) is 0 Å². The molecule has 0 bridgehead atoms. The van der Waals surface area contributed by atoms with Gasteiger partial charge in [-0.25, -0.2) is 0 Å². The Morgan fingerprint density at radius 3 is 2.47 bits per heavy atom. The van der Waals surface area contributed by atoms with Gasteiger partial charge in [-0.05, 0) is 61.9 Å². The van der Waals surface area contributed by atoms with Gasteiger partial charge in [-0.15, -0.1) is 0 Å². The van der Waals surface area contributed by atoms with Gasteiger partial charge in [0.25, 0.3) is 0 Å². The summed E-state index contributed by atoms with van der Waals surface area (Å²) in [6.45, 7) is 6.30. The predicted octanol–water partition coefficient (Wildman–Crippen LogP) is 2.92. The number of esters is 2. The molecule has 7 atom stereocenters. The van der Waals surface area contributed by atoms with Crippen molar-refractivity contribution in [1.82, 2.24) is 0 Å². The maximum atomic E-state index is 13.1. The first kappa shape index (κ1) is 23.1. The van der Waals surface area contributed by atoms with Crippen molar-refractivity contribution in [3.05, 3.63) is 11.6 Å². The predicted molar refractivity (Wildman–Crippen MR) is 114 cm³/mol. The van der Waals surface area contributed by atoms with Gasteiger partial charge in [0.1, 0.15) is 11.7 Å². The summed E-state index contributed by atoms with van der Waals surface area (Å²) in [6.07, 6.45) is 5.59. The maximum absolute atomic E-state index is 13.1. The van der Waals surface area contributed by atoms with Crippen LogP contribution in [0.25, 0.3) is 0 Å². The number of carbonyl (C=O) groups is 4. The lowest BCUT2D eigenvalue weighted by molar-refractivity contribution is -0.196. The monoisotopic (exact) mass is 446 g/mol. The van der Waals surface area contributed by atoms with E-state index in [9.17, 15) is 24.3 Å². The summed E-state index contributed by atoms with van der Waals surface area (Å²) in [5, 5.41) is 11.7. The van der Waals surface area contributed by atoms with Crippen LogP contribution in [0.4, 0.5) is 0 Å². The Labute approximate surface area is 188 Å². The highest BCUT2D eigenvalue weighted by molar-refractivity contribution is 5.92. The van der Waals surface area contributed by atoms with Crippen molar-refractivity contribution >= 4 is 23.5 Å². The molecule has 0 aromatic heterocycles. The second kappa shape index (κ2) is 7.79. The van der Waals surface area contributed by atoms with E-state index in [-0.39, 0.29) is 34.9 Å². The van der Waals surface area contributed by atoms with Crippen LogP contribution in [0.5, 0.6) is 0 Å². The number of hydrogen-bond donors (Lipinski definition) is 1. The quantitative estimate of drug-likeness (QED) is 0.662. The Morgan fingerprint density at radius 1 is 1.09 bits per heavy atom. The third-order valence-electron chi connectivity index (χ3n) is 9.21. The van der Waals surface area contributed by atoms with E-state index in [0.29, 0.717) is 25.7 Å². The van der Waals surface area contributed by atoms with Gasteiger partial charge in [-0.1, -0.05) is 19.4 Å². The highest BCUT2D eigenvalue weighted by Gasteiger charge is 2.69. The highest BCUT2D eigenvalue weighted by atomic mass is 16.5. The average Bonchev–Trinajstić information content (AvgIpc) is 2.97. The van der Waals surface area contributed by atoms with E-state index in [1.54, 1.807) is 6.08 Å². The van der Waals surface area contributed by atoms with E-state index >= 15 is 0 Å². The Morgan fingerprint density at radius 2 is 1.81 bits per heavy atom. The van der Waals surface area contributed by atoms with Crippen molar-refractivity contribution in [2.45, 2.75) is 84.3 Å². The topological polar surface area (TPSA) is 107 Å². The molecular formula is C25H34O7. The fraction of sp³-hybridized carbons (Fsp3) is 0.760. The SMILES string of the molecule is CC(=O)OCC(=O)[C@@]1(O)CC[C@H]2[C@@H]3CCC4=CC(=O)CC[C@]4(C)C3[C@@H](OC(C)=O)C[C@@]21C. The lowest BCUT2D eigenvalue weighted by Crippen LogP contribution is -2.62. The summed E-state index contributed by atoms with van der Waals surface area (Å²) >= 11 is 0. The number of ether oxygens (including phenoxy) is 2. The van der Waals surface area contributed by atoms with E-state index in [1.807, 2.05) is 6.92 Å². The van der Waals surface area contributed by atoms with Gasteiger partial charge in [0.05, 0.1) is 0 Å². The number of ketones is 2. The average molecular weight is 447 g/mol. The lowest BCUT2D eigenvalue weighted by atomic mass is 9.45. The minimum atomic E-state index is -1.63. The first-order valence-electron chi connectivity index (χ1n) is 11.7. The molecule has 0 aromatic rings. The summed E-state index contributed by atoms with van der Waals surface area (Å²) in [5.74, 6) is -0.964. The Bertz CT molecular complexity index is 891. The molecule has 1 unspecified atom stereocenters. The zero-order chi connectivity index (χ0) is 23.5. The van der Waals surface area contributed by atoms with Crippen LogP contribution in [0.15, 0.2) is 11.6 Å². The van der Waals surface area contributed by atoms with E-state index in [4.69, 9.17) is 9.47 Å². The molecule has 4 aliphatic rings. The summed E-state index contributed by atoms with van der Waals surface area (Å²) in [4.78, 5) is 48.5. The molecular weight excluding hydrogens is 412 g/mol. The Balaban J connectivity index is 1.73. The van der Waals surface area contributed by atoms with E-state index < -0.39 is 35.5 Å². The molecule has 0 aliphatic heterocycles. The zero-order valence-corrected chi connectivity index (χ0v) is 19.4. The van der Waals surface area contributed by atoms with E-state index in [0.717, 1.165) is 24.8 Å². The third kappa shape index (κ3) is 3.35. The second-order valence-corrected chi connectivity index (χ2v) is 10.8. The number of hydrogen-bond acceptors (Lipinski definition) is 7. The van der Waals surface area contributed by atoms with Crippen molar-refractivity contribution in [3.63, 3.8) is 0 Å². The highest BCUT2D eigenvalue weighted by Crippen LogP contribution is 2.68. The molecule has 3 fully saturated rings. The smallest absolute Gasteiger partial charge is 0.303 e. The lowest BCUT2D eigenvalue weighted by Gasteiger charge is -2.60. The number of allylic oxidation sites excluding steroid dienone is 1. The number of rotatable bonds is 4. The molecule has 0 radical (unpaired) electrons. The normalized spacial score (nSPS) is 42.8. The first-order valence-corrected chi connectivity index (χ1v) is 11.7. The Kier molecular flexibility index (Phi) is 5.63. The number of carbonyl (C=O) groups excluding carboxylic acids is 4. The molecule has 7 nitrogen and oxygen atoms in total. The second-order valence-electron chi connectivity index (χ2n) is 10.8. The molecule has 0 spiro atoms. The summed E-state index contributed by atoms with van der Waals surface area (Å²) in [5.41, 5.74) is -1.50. The van der Waals surface area contributed by atoms with Crippen LogP contribution >= 0.6 is 0 Å². The first-order chi connectivity index (χ1) is 14.9. The van der Waals surface area contributed by atoms with Crippen LogP contribution in [0, 0.1) is 28.6 Å². The molecule has 176 valence electrons. The Hall–Kier alpha value is -2.02. The molecule has 0 saturated heterocycles. The van der Waals surface area contributed by atoms with Crippen LogP contribution in [0.2, 0.25) is 0 Å². The van der Waals surface area contributed by atoms with Crippen LogP contribution < -0.4 is 0 Å². The van der Waals surface area contributed by atoms with Crippen LogP contribution in [0.3, 0.4) is 0 Å². The number of aliphatic hydroxyl groups is 1. The minimum absolute atomic E-state index is 0.0449. The van der Waals surface area contributed by atoms with Crippen LogP contribution in [0.1, 0.15) is 72.6 Å².